The Morgan fingerprint density at radius 2 is 1.64 bits per heavy atom. The van der Waals surface area contributed by atoms with Crippen LogP contribution in [-0.2, 0) is 0 Å². The van der Waals surface area contributed by atoms with Crippen molar-refractivity contribution in [3.8, 4) is 0 Å². The Bertz CT molecular complexity index is 2160. The van der Waals surface area contributed by atoms with Crippen LogP contribution in [0.4, 0.5) is 0 Å². The van der Waals surface area contributed by atoms with Crippen molar-refractivity contribution in [3.63, 3.8) is 0 Å². The van der Waals surface area contributed by atoms with Crippen molar-refractivity contribution in [3.05, 3.63) is 105 Å². The molecule has 7 aliphatic carbocycles. The highest BCUT2D eigenvalue weighted by atomic mass is 15.2. The normalized spacial score (nSPS) is 35.9. The molecule has 2 heterocycles. The molecule has 2 aromatic rings. The van der Waals surface area contributed by atoms with E-state index in [9.17, 15) is 0 Å². The minimum atomic E-state index is 0.242. The van der Waals surface area contributed by atoms with Gasteiger partial charge in [-0.2, -0.15) is 0 Å². The summed E-state index contributed by atoms with van der Waals surface area (Å²) in [5.41, 5.74) is 11.6. The number of allylic oxidation sites excluding steroid dienone is 4. The van der Waals surface area contributed by atoms with Crippen LogP contribution >= 0.6 is 0 Å². The molecule has 4 nitrogen and oxygen atoms in total. The lowest BCUT2D eigenvalue weighted by molar-refractivity contribution is 0.0454. The lowest BCUT2D eigenvalue weighted by Crippen LogP contribution is -2.54. The molecule has 1 N–H and O–H groups in total. The van der Waals surface area contributed by atoms with E-state index in [-0.39, 0.29) is 6.04 Å². The van der Waals surface area contributed by atoms with Crippen LogP contribution in [-0.4, -0.2) is 53.3 Å². The number of rotatable bonds is 6. The van der Waals surface area contributed by atoms with Gasteiger partial charge in [0.05, 0.1) is 18.1 Å². The smallest absolute Gasteiger partial charge is 0.0685 e. The molecular weight excluding hydrogens is 681 g/mol. The molecule has 2 aliphatic heterocycles. The van der Waals surface area contributed by atoms with Crippen LogP contribution in [0.2, 0.25) is 0 Å². The van der Waals surface area contributed by atoms with Gasteiger partial charge in [-0.1, -0.05) is 99.5 Å². The molecule has 56 heavy (non-hydrogen) atoms. The van der Waals surface area contributed by atoms with E-state index < -0.39 is 0 Å². The fourth-order valence-corrected chi connectivity index (χ4v) is 14.0. The molecule has 10 unspecified atom stereocenters. The summed E-state index contributed by atoms with van der Waals surface area (Å²) in [6.45, 7) is 10.0. The number of hydrogen-bond donors (Lipinski definition) is 1. The minimum absolute atomic E-state index is 0.242. The molecule has 3 fully saturated rings. The predicted molar refractivity (Wildman–Crippen MR) is 233 cm³/mol. The van der Waals surface area contributed by atoms with Crippen molar-refractivity contribution >= 4 is 29.6 Å². The van der Waals surface area contributed by atoms with E-state index in [2.05, 4.69) is 115 Å². The second kappa shape index (κ2) is 14.0. The SMILES string of the molecule is CC1=CC(N(C2=CCC3CCCCC3C2)C2CCCNC2)C2CC3C4c5c(ccc1c52)C(N(C1C=NC=CC1)C1C=c2ccccc2=CC1)=CC4CCC3(C)C. The molecular formula is C52H64N4. The van der Waals surface area contributed by atoms with Gasteiger partial charge in [0, 0.05) is 47.9 Å². The minimum Gasteiger partial charge on any atom is -0.364 e. The second-order valence-corrected chi connectivity index (χ2v) is 20.1. The Hall–Kier alpha value is -3.63. The van der Waals surface area contributed by atoms with Crippen LogP contribution in [0.1, 0.15) is 138 Å². The average Bonchev–Trinajstić information content (AvgIpc) is 3.24. The maximum absolute atomic E-state index is 4.79. The molecule has 0 amide bonds. The standard InChI is InChI=1S/C52H64N4/c1-33-26-47(55(41-14-8-24-53-31-41)39-18-16-34-10-4-6-12-36(34)27-39)45-30-46-49-38(22-23-52(46,2)3)29-48(44-21-20-43(33)50(45)51(44)49)56(42-15-9-25-54-32-42)40-19-17-35-11-5-7-13-37(35)28-40/h5,7,9,11,13,17-18,20-21,25-26,28-29,32,34,36,38,40-42,45-47,49,53H,4,6,8,10,12,14-16,19,22-24,27,30-31H2,1-3H3. The third-order valence-corrected chi connectivity index (χ3v) is 16.7. The predicted octanol–water partition coefficient (Wildman–Crippen LogP) is 9.68. The lowest BCUT2D eigenvalue weighted by atomic mass is 9.49. The van der Waals surface area contributed by atoms with Crippen LogP contribution < -0.4 is 15.8 Å². The first-order chi connectivity index (χ1) is 27.4. The van der Waals surface area contributed by atoms with Gasteiger partial charge in [0.25, 0.3) is 0 Å². The van der Waals surface area contributed by atoms with Crippen LogP contribution in [0, 0.1) is 29.1 Å². The first-order valence-electron chi connectivity index (χ1n) is 22.9. The summed E-state index contributed by atoms with van der Waals surface area (Å²) in [7, 11) is 0. The van der Waals surface area contributed by atoms with Gasteiger partial charge in [-0.25, -0.2) is 0 Å². The summed E-state index contributed by atoms with van der Waals surface area (Å²) in [5, 5.41) is 6.63. The summed E-state index contributed by atoms with van der Waals surface area (Å²) in [6, 6.07) is 15.7. The second-order valence-electron chi connectivity index (χ2n) is 20.1. The Balaban J connectivity index is 1.07. The Kier molecular flexibility index (Phi) is 8.90. The fraction of sp³-hybridized carbons (Fsp3) is 0.558. The number of piperidine rings is 1. The number of hydrogen-bond acceptors (Lipinski definition) is 4. The van der Waals surface area contributed by atoms with Gasteiger partial charge >= 0.3 is 0 Å². The summed E-state index contributed by atoms with van der Waals surface area (Å²) in [6.07, 6.45) is 36.8. The highest BCUT2D eigenvalue weighted by Gasteiger charge is 2.54. The molecule has 0 bridgehead atoms. The molecule has 1 saturated heterocycles. The first kappa shape index (κ1) is 35.5. The van der Waals surface area contributed by atoms with E-state index in [1.165, 1.54) is 104 Å². The van der Waals surface area contributed by atoms with Crippen LogP contribution in [0.3, 0.4) is 0 Å². The molecule has 2 saturated carbocycles. The third-order valence-electron chi connectivity index (χ3n) is 16.7. The molecule has 0 spiro atoms. The summed E-state index contributed by atoms with van der Waals surface area (Å²) in [4.78, 5) is 10.7. The zero-order valence-electron chi connectivity index (χ0n) is 34.3. The monoisotopic (exact) mass is 745 g/mol. The van der Waals surface area contributed by atoms with Crippen molar-refractivity contribution < 1.29 is 0 Å². The lowest BCUT2D eigenvalue weighted by Gasteiger charge is -2.58. The number of nitrogens with zero attached hydrogens (tertiary/aromatic N) is 3. The van der Waals surface area contributed by atoms with Crippen molar-refractivity contribution in [2.24, 2.45) is 34.1 Å². The zero-order chi connectivity index (χ0) is 37.5. The molecule has 292 valence electrons. The van der Waals surface area contributed by atoms with Crippen molar-refractivity contribution in [1.29, 1.82) is 0 Å². The number of nitrogens with one attached hydrogen (secondary N) is 1. The van der Waals surface area contributed by atoms with Gasteiger partial charge in [0.2, 0.25) is 0 Å². The number of fused-ring (bicyclic) bond motifs is 2. The van der Waals surface area contributed by atoms with Gasteiger partial charge in [0.1, 0.15) is 0 Å². The van der Waals surface area contributed by atoms with Crippen LogP contribution in [0.15, 0.2) is 77.6 Å². The van der Waals surface area contributed by atoms with Gasteiger partial charge < -0.3 is 15.1 Å². The third kappa shape index (κ3) is 5.81. The summed E-state index contributed by atoms with van der Waals surface area (Å²) in [5.74, 6) is 4.17. The zero-order valence-corrected chi connectivity index (χ0v) is 34.3. The van der Waals surface area contributed by atoms with E-state index in [4.69, 9.17) is 4.99 Å². The van der Waals surface area contributed by atoms with Gasteiger partial charge in [-0.05, 0) is 152 Å². The van der Waals surface area contributed by atoms with Crippen molar-refractivity contribution in [1.82, 2.24) is 15.1 Å². The topological polar surface area (TPSA) is 30.9 Å². The van der Waals surface area contributed by atoms with E-state index in [0.717, 1.165) is 31.2 Å². The average molecular weight is 745 g/mol. The van der Waals surface area contributed by atoms with E-state index in [1.54, 1.807) is 22.4 Å². The highest BCUT2D eigenvalue weighted by Crippen LogP contribution is 2.65. The molecule has 4 heteroatoms. The number of benzene rings is 2. The van der Waals surface area contributed by atoms with Crippen molar-refractivity contribution in [2.75, 3.05) is 13.1 Å². The van der Waals surface area contributed by atoms with Gasteiger partial charge in [-0.3, -0.25) is 4.99 Å². The van der Waals surface area contributed by atoms with Crippen LogP contribution in [0.5, 0.6) is 0 Å². The molecule has 11 rings (SSSR count). The quantitative estimate of drug-likeness (QED) is 0.320. The van der Waals surface area contributed by atoms with Gasteiger partial charge in [0.15, 0.2) is 0 Å². The Labute approximate surface area is 336 Å². The molecule has 9 aliphatic rings. The molecule has 0 radical (unpaired) electrons. The Morgan fingerprint density at radius 3 is 2.48 bits per heavy atom. The first-order valence-corrected chi connectivity index (χ1v) is 22.9. The fourth-order valence-electron chi connectivity index (χ4n) is 14.0. The molecule has 10 atom stereocenters. The largest absolute Gasteiger partial charge is 0.364 e. The molecule has 0 aromatic heterocycles. The molecule has 2 aromatic carbocycles. The maximum atomic E-state index is 4.79. The van der Waals surface area contributed by atoms with E-state index in [1.807, 2.05) is 6.20 Å². The van der Waals surface area contributed by atoms with Gasteiger partial charge in [-0.15, -0.1) is 0 Å². The summed E-state index contributed by atoms with van der Waals surface area (Å²) < 4.78 is 0. The van der Waals surface area contributed by atoms with E-state index in [0.29, 0.717) is 47.2 Å². The van der Waals surface area contributed by atoms with Crippen LogP contribution in [0.25, 0.3) is 23.4 Å². The van der Waals surface area contributed by atoms with E-state index >= 15 is 0 Å². The highest BCUT2D eigenvalue weighted by molar-refractivity contribution is 5.82. The Morgan fingerprint density at radius 1 is 0.786 bits per heavy atom. The summed E-state index contributed by atoms with van der Waals surface area (Å²) >= 11 is 0. The van der Waals surface area contributed by atoms with Crippen molar-refractivity contribution in [2.45, 2.75) is 140 Å². The maximum Gasteiger partial charge on any atom is 0.0685 e. The number of aliphatic imine (C=N–C) groups is 1.